The molecule has 1 saturated heterocycles. The summed E-state index contributed by atoms with van der Waals surface area (Å²) in [5, 5.41) is 0. The Morgan fingerprint density at radius 2 is 1.74 bits per heavy atom. The van der Waals surface area contributed by atoms with Crippen molar-refractivity contribution in [3.63, 3.8) is 0 Å². The van der Waals surface area contributed by atoms with Crippen molar-refractivity contribution in [2.24, 2.45) is 11.8 Å². The lowest BCUT2D eigenvalue weighted by molar-refractivity contribution is -0.0450. The largest absolute Gasteiger partial charge is 0.375 e. The first-order valence-corrected chi connectivity index (χ1v) is 8.44. The molecule has 0 aromatic heterocycles. The molecule has 2 aliphatic rings. The standard InChI is InChI=1S/C17H33NO/c1-13(2)19-17-9-10-18(15(4)11-17)12-16-7-5-14(3)6-8-16/h13-17H,5-12H2,1-4H3. The van der Waals surface area contributed by atoms with Gasteiger partial charge in [0.15, 0.2) is 0 Å². The monoisotopic (exact) mass is 267 g/mol. The zero-order valence-electron chi connectivity index (χ0n) is 13.4. The highest BCUT2D eigenvalue weighted by molar-refractivity contribution is 4.82. The topological polar surface area (TPSA) is 12.5 Å². The summed E-state index contributed by atoms with van der Waals surface area (Å²) in [6, 6.07) is 0.705. The molecule has 2 fully saturated rings. The van der Waals surface area contributed by atoms with Gasteiger partial charge < -0.3 is 9.64 Å². The molecule has 1 saturated carbocycles. The number of ether oxygens (including phenoxy) is 1. The van der Waals surface area contributed by atoms with Crippen LogP contribution in [-0.4, -0.2) is 36.2 Å². The lowest BCUT2D eigenvalue weighted by Crippen LogP contribution is -2.46. The summed E-state index contributed by atoms with van der Waals surface area (Å²) in [5.74, 6) is 1.93. The van der Waals surface area contributed by atoms with Gasteiger partial charge in [0.25, 0.3) is 0 Å². The molecule has 1 heterocycles. The molecule has 0 bridgehead atoms. The Hall–Kier alpha value is -0.0800. The smallest absolute Gasteiger partial charge is 0.0605 e. The maximum absolute atomic E-state index is 5.99. The Balaban J connectivity index is 1.73. The SMILES string of the molecule is CC1CCC(CN2CCC(OC(C)C)CC2C)CC1. The third-order valence-electron chi connectivity index (χ3n) is 5.06. The van der Waals surface area contributed by atoms with Crippen molar-refractivity contribution >= 4 is 0 Å². The maximum atomic E-state index is 5.99. The third kappa shape index (κ3) is 4.75. The highest BCUT2D eigenvalue weighted by atomic mass is 16.5. The average molecular weight is 267 g/mol. The molecule has 0 radical (unpaired) electrons. The van der Waals surface area contributed by atoms with Crippen LogP contribution in [0.3, 0.4) is 0 Å². The van der Waals surface area contributed by atoms with Crippen LogP contribution in [0.5, 0.6) is 0 Å². The molecule has 19 heavy (non-hydrogen) atoms. The normalized spacial score (nSPS) is 37.7. The molecule has 0 aromatic rings. The van der Waals surface area contributed by atoms with Gasteiger partial charge in [-0.15, -0.1) is 0 Å². The molecular weight excluding hydrogens is 234 g/mol. The number of piperidine rings is 1. The first-order chi connectivity index (χ1) is 9.04. The lowest BCUT2D eigenvalue weighted by atomic mass is 9.82. The fourth-order valence-corrected chi connectivity index (χ4v) is 3.80. The molecule has 0 N–H and O–H groups in total. The van der Waals surface area contributed by atoms with Crippen molar-refractivity contribution in [3.8, 4) is 0 Å². The minimum atomic E-state index is 0.378. The van der Waals surface area contributed by atoms with Gasteiger partial charge in [0.2, 0.25) is 0 Å². The van der Waals surface area contributed by atoms with Crippen molar-refractivity contribution in [2.45, 2.75) is 84.5 Å². The van der Waals surface area contributed by atoms with E-state index in [0.29, 0.717) is 18.2 Å². The molecule has 2 rings (SSSR count). The van der Waals surface area contributed by atoms with Gasteiger partial charge in [-0.2, -0.15) is 0 Å². The Morgan fingerprint density at radius 1 is 1.05 bits per heavy atom. The molecule has 2 unspecified atom stereocenters. The number of nitrogens with zero attached hydrogens (tertiary/aromatic N) is 1. The predicted molar refractivity (Wildman–Crippen MR) is 81.4 cm³/mol. The van der Waals surface area contributed by atoms with Crippen LogP contribution >= 0.6 is 0 Å². The van der Waals surface area contributed by atoms with E-state index in [1.807, 2.05) is 0 Å². The van der Waals surface area contributed by atoms with Gasteiger partial charge in [-0.05, 0) is 58.3 Å². The summed E-state index contributed by atoms with van der Waals surface area (Å²) >= 11 is 0. The fourth-order valence-electron chi connectivity index (χ4n) is 3.80. The van der Waals surface area contributed by atoms with Crippen LogP contribution in [0.2, 0.25) is 0 Å². The summed E-state index contributed by atoms with van der Waals surface area (Å²) in [4.78, 5) is 2.72. The lowest BCUT2D eigenvalue weighted by Gasteiger charge is -2.41. The molecule has 1 aliphatic carbocycles. The van der Waals surface area contributed by atoms with Crippen LogP contribution in [0.15, 0.2) is 0 Å². The zero-order valence-corrected chi connectivity index (χ0v) is 13.4. The van der Waals surface area contributed by atoms with Crippen molar-refractivity contribution in [3.05, 3.63) is 0 Å². The van der Waals surface area contributed by atoms with Crippen molar-refractivity contribution in [2.75, 3.05) is 13.1 Å². The maximum Gasteiger partial charge on any atom is 0.0605 e. The molecule has 2 nitrogen and oxygen atoms in total. The van der Waals surface area contributed by atoms with E-state index < -0.39 is 0 Å². The van der Waals surface area contributed by atoms with E-state index in [9.17, 15) is 0 Å². The summed E-state index contributed by atoms with van der Waals surface area (Å²) in [7, 11) is 0. The molecule has 2 heteroatoms. The van der Waals surface area contributed by atoms with Crippen LogP contribution in [0.4, 0.5) is 0 Å². The van der Waals surface area contributed by atoms with Crippen LogP contribution < -0.4 is 0 Å². The van der Waals surface area contributed by atoms with Crippen molar-refractivity contribution in [1.29, 1.82) is 0 Å². The van der Waals surface area contributed by atoms with Gasteiger partial charge in [-0.25, -0.2) is 0 Å². The van der Waals surface area contributed by atoms with Crippen LogP contribution in [0.1, 0.15) is 66.2 Å². The van der Waals surface area contributed by atoms with E-state index in [0.717, 1.165) is 11.8 Å². The number of likely N-dealkylation sites (tertiary alicyclic amines) is 1. The third-order valence-corrected chi connectivity index (χ3v) is 5.06. The quantitative estimate of drug-likeness (QED) is 0.760. The summed E-state index contributed by atoms with van der Waals surface area (Å²) in [6.45, 7) is 11.7. The summed E-state index contributed by atoms with van der Waals surface area (Å²) in [5.41, 5.74) is 0. The fraction of sp³-hybridized carbons (Fsp3) is 1.00. The highest BCUT2D eigenvalue weighted by Crippen LogP contribution is 2.30. The zero-order chi connectivity index (χ0) is 13.8. The molecule has 0 amide bonds. The van der Waals surface area contributed by atoms with E-state index in [2.05, 4.69) is 32.6 Å². The van der Waals surface area contributed by atoms with Gasteiger partial charge >= 0.3 is 0 Å². The van der Waals surface area contributed by atoms with Gasteiger partial charge in [0, 0.05) is 19.1 Å². The molecule has 2 atom stereocenters. The summed E-state index contributed by atoms with van der Waals surface area (Å²) in [6.07, 6.45) is 9.14. The van der Waals surface area contributed by atoms with E-state index in [1.165, 1.54) is 51.6 Å². The Morgan fingerprint density at radius 3 is 2.32 bits per heavy atom. The van der Waals surface area contributed by atoms with E-state index >= 15 is 0 Å². The highest BCUT2D eigenvalue weighted by Gasteiger charge is 2.29. The second-order valence-corrected chi connectivity index (χ2v) is 7.30. The predicted octanol–water partition coefficient (Wildman–Crippen LogP) is 4.09. The Labute approximate surface area is 119 Å². The molecular formula is C17H33NO. The second kappa shape index (κ2) is 7.08. The van der Waals surface area contributed by atoms with Gasteiger partial charge in [-0.3, -0.25) is 0 Å². The van der Waals surface area contributed by atoms with E-state index in [-0.39, 0.29) is 0 Å². The van der Waals surface area contributed by atoms with Gasteiger partial charge in [0.05, 0.1) is 12.2 Å². The minimum Gasteiger partial charge on any atom is -0.375 e. The Bertz CT molecular complexity index is 258. The molecule has 0 aromatic carbocycles. The van der Waals surface area contributed by atoms with Crippen LogP contribution in [0.25, 0.3) is 0 Å². The van der Waals surface area contributed by atoms with E-state index in [1.54, 1.807) is 0 Å². The first-order valence-electron chi connectivity index (χ1n) is 8.44. The van der Waals surface area contributed by atoms with Crippen LogP contribution in [-0.2, 0) is 4.74 Å². The average Bonchev–Trinajstić information content (AvgIpc) is 2.34. The summed E-state index contributed by atoms with van der Waals surface area (Å²) < 4.78 is 5.99. The molecule has 1 aliphatic heterocycles. The van der Waals surface area contributed by atoms with Crippen LogP contribution in [0, 0.1) is 11.8 Å². The Kier molecular flexibility index (Phi) is 5.70. The number of hydrogen-bond donors (Lipinski definition) is 0. The second-order valence-electron chi connectivity index (χ2n) is 7.30. The van der Waals surface area contributed by atoms with Gasteiger partial charge in [-0.1, -0.05) is 19.8 Å². The van der Waals surface area contributed by atoms with E-state index in [4.69, 9.17) is 4.74 Å². The first kappa shape index (κ1) is 15.3. The number of hydrogen-bond acceptors (Lipinski definition) is 2. The van der Waals surface area contributed by atoms with Crippen molar-refractivity contribution in [1.82, 2.24) is 4.90 Å². The number of rotatable bonds is 4. The minimum absolute atomic E-state index is 0.378. The molecule has 0 spiro atoms. The van der Waals surface area contributed by atoms with Gasteiger partial charge in [0.1, 0.15) is 0 Å². The molecule has 112 valence electrons. The van der Waals surface area contributed by atoms with Crippen molar-refractivity contribution < 1.29 is 4.74 Å².